The van der Waals surface area contributed by atoms with Gasteiger partial charge in [-0.15, -0.1) is 0 Å². The number of phenolic OH excluding ortho intramolecular Hbond substituents is 1. The highest BCUT2D eigenvalue weighted by Gasteiger charge is 2.36. The maximum atomic E-state index is 14.6. The topological polar surface area (TPSA) is 734 Å². The van der Waals surface area contributed by atoms with E-state index in [4.69, 9.17) is 63.1 Å². The molecule has 1 aromatic carbocycles. The molecule has 0 unspecified atom stereocenters. The molecule has 0 aliphatic heterocycles. The first kappa shape index (κ1) is 79.8. The minimum absolute atomic E-state index is 0.0323. The summed E-state index contributed by atoms with van der Waals surface area (Å²) in [6.45, 7) is -2.37. The second-order valence-corrected chi connectivity index (χ2v) is 20.7. The van der Waals surface area contributed by atoms with Gasteiger partial charge in [0.25, 0.3) is 0 Å². The number of benzene rings is 1. The normalized spacial score (nSPS) is 14.0. The van der Waals surface area contributed by atoms with Crippen molar-refractivity contribution in [3.8, 4) is 5.75 Å². The predicted molar refractivity (Wildman–Crippen MR) is 328 cm³/mol. The van der Waals surface area contributed by atoms with Crippen LogP contribution in [0.25, 0.3) is 0 Å². The van der Waals surface area contributed by atoms with Gasteiger partial charge in [0.15, 0.2) is 17.9 Å². The maximum Gasteiger partial charge on any atom is 0.326 e. The van der Waals surface area contributed by atoms with Gasteiger partial charge in [0.1, 0.15) is 60.1 Å². The number of primary amides is 3. The molecular formula is C52H89N23O17. The standard InChI is InChI=1S/C52H89N23O17/c53-16-2-1-6-27(54)40(82)71-33(21-38(56)80)46(88)75-35(23-76)47(89)69-29(8-4-18-65-51(60)61)42(84)67-28(7-3-17-64-50(58)59)41(83)68-30(9-5-19-66-52(62)63)43(85)72-32(20-25-10-12-26(78)13-11-25)44(86)74-36(24-77)48(90)73-34(22-39(57)81)45(87)70-31(49(91)92)14-15-37(55)79/h10-13,27-36,76-78H,1-9,14-24,53-54H2,(H2,55,79)(H2,56,80)(H2,57,81)(H,67,84)(H,68,83)(H,69,89)(H,70,87)(H,71,82)(H,72,85)(H,73,90)(H,74,86)(H,75,88)(H,91,92)(H4,58,59,64)(H4,60,61,65)(H4,62,63,66)/t27-,28-,29-,30-,31-,32-,33-,34-,35-,36-/m0/s1. The highest BCUT2D eigenvalue weighted by atomic mass is 16.4. The fraction of sp³-hybridized carbons (Fsp3) is 0.577. The van der Waals surface area contributed by atoms with Crippen LogP contribution in [0.15, 0.2) is 39.2 Å². The summed E-state index contributed by atoms with van der Waals surface area (Å²) < 4.78 is 0. The zero-order valence-electron chi connectivity index (χ0n) is 50.5. The van der Waals surface area contributed by atoms with E-state index in [0.29, 0.717) is 19.4 Å². The zero-order chi connectivity index (χ0) is 69.6. The number of carbonyl (C=O) groups is 13. The van der Waals surface area contributed by atoms with Crippen molar-refractivity contribution in [1.29, 1.82) is 0 Å². The first-order valence-corrected chi connectivity index (χ1v) is 28.7. The van der Waals surface area contributed by atoms with Crippen LogP contribution in [0.3, 0.4) is 0 Å². The average Bonchev–Trinajstić information content (AvgIpc) is 1.03. The Hall–Kier alpha value is -10.2. The lowest BCUT2D eigenvalue weighted by Gasteiger charge is -2.28. The predicted octanol–water partition coefficient (Wildman–Crippen LogP) is -12.0. The number of aliphatic carboxylic acids is 1. The number of aliphatic hydroxyl groups is 2. The van der Waals surface area contributed by atoms with E-state index < -0.39 is 183 Å². The van der Waals surface area contributed by atoms with Crippen molar-refractivity contribution in [2.75, 3.05) is 39.4 Å². The van der Waals surface area contributed by atoms with E-state index in [0.717, 1.165) is 0 Å². The number of carboxylic acid groups (broad SMARTS) is 1. The number of nitrogens with two attached hydrogens (primary N) is 11. The lowest BCUT2D eigenvalue weighted by Crippen LogP contribution is -2.61. The van der Waals surface area contributed by atoms with Crippen molar-refractivity contribution in [3.63, 3.8) is 0 Å². The van der Waals surface area contributed by atoms with Gasteiger partial charge in [0, 0.05) is 32.5 Å². The molecule has 40 nitrogen and oxygen atoms in total. The van der Waals surface area contributed by atoms with E-state index in [1.807, 2.05) is 5.32 Å². The number of unbranched alkanes of at least 4 members (excludes halogenated alkanes) is 1. The van der Waals surface area contributed by atoms with Crippen LogP contribution < -0.4 is 111 Å². The minimum Gasteiger partial charge on any atom is -0.508 e. The van der Waals surface area contributed by atoms with Crippen molar-refractivity contribution in [2.24, 2.45) is 78.0 Å². The van der Waals surface area contributed by atoms with E-state index in [2.05, 4.69) is 57.5 Å². The van der Waals surface area contributed by atoms with E-state index in [1.165, 1.54) is 24.3 Å². The van der Waals surface area contributed by atoms with Crippen LogP contribution in [-0.4, -0.2) is 215 Å². The Bertz CT molecular complexity index is 2760. The molecule has 35 N–H and O–H groups in total. The van der Waals surface area contributed by atoms with Crippen LogP contribution in [0.4, 0.5) is 0 Å². The maximum absolute atomic E-state index is 14.6. The minimum atomic E-state index is -1.98. The summed E-state index contributed by atoms with van der Waals surface area (Å²) in [6.07, 6.45) is -3.01. The Labute approximate surface area is 527 Å². The zero-order valence-corrected chi connectivity index (χ0v) is 50.5. The van der Waals surface area contributed by atoms with E-state index in [9.17, 15) is 82.8 Å². The molecule has 0 heterocycles. The molecule has 0 aromatic heterocycles. The fourth-order valence-corrected chi connectivity index (χ4v) is 8.24. The highest BCUT2D eigenvalue weighted by molar-refractivity contribution is 6.00. The third kappa shape index (κ3) is 32.8. The third-order valence-corrected chi connectivity index (χ3v) is 13.1. The molecule has 0 saturated carbocycles. The summed E-state index contributed by atoms with van der Waals surface area (Å²) in [4.78, 5) is 184. The van der Waals surface area contributed by atoms with Gasteiger partial charge in [-0.2, -0.15) is 0 Å². The number of aliphatic hydroxyl groups excluding tert-OH is 2. The molecule has 10 atom stereocenters. The summed E-state index contributed by atoms with van der Waals surface area (Å²) in [5, 5.41) is 61.1. The van der Waals surface area contributed by atoms with Gasteiger partial charge in [-0.25, -0.2) is 4.79 Å². The molecule has 40 heteroatoms. The molecule has 0 spiro atoms. The lowest BCUT2D eigenvalue weighted by molar-refractivity contribution is -0.143. The number of aliphatic imine (C=N–C) groups is 3. The number of aromatic hydroxyl groups is 1. The SMILES string of the molecule is NCCCC[C@H](N)C(=O)N[C@@H](CC(N)=O)C(=O)N[C@@H](CO)C(=O)N[C@@H](CCCN=C(N)N)C(=O)N[C@@H](CCCN=C(N)N)C(=O)N[C@@H](CCCN=C(N)N)C(=O)N[C@@H](Cc1ccc(O)cc1)C(=O)N[C@@H](CO)C(=O)N[C@@H](CC(N)=O)C(=O)N[C@@H](CCC(N)=O)C(=O)O. The summed E-state index contributed by atoms with van der Waals surface area (Å²) in [7, 11) is 0. The number of carbonyl (C=O) groups excluding carboxylic acids is 12. The Morgan fingerprint density at radius 2 is 0.717 bits per heavy atom. The van der Waals surface area contributed by atoms with Crippen molar-refractivity contribution < 1.29 is 82.8 Å². The third-order valence-electron chi connectivity index (χ3n) is 13.1. The van der Waals surface area contributed by atoms with Crippen molar-refractivity contribution >= 4 is 94.7 Å². The number of amides is 12. The Kier molecular flexibility index (Phi) is 37.0. The molecule has 0 aliphatic carbocycles. The number of carboxylic acids is 1. The Balaban J connectivity index is 3.81. The van der Waals surface area contributed by atoms with E-state index >= 15 is 0 Å². The van der Waals surface area contributed by atoms with Crippen LogP contribution >= 0.6 is 0 Å². The number of rotatable bonds is 46. The smallest absolute Gasteiger partial charge is 0.326 e. The van der Waals surface area contributed by atoms with E-state index in [-0.39, 0.29) is 93.8 Å². The molecule has 514 valence electrons. The van der Waals surface area contributed by atoms with E-state index in [1.54, 1.807) is 0 Å². The molecule has 12 amide bonds. The highest BCUT2D eigenvalue weighted by Crippen LogP contribution is 2.14. The summed E-state index contributed by atoms with van der Waals surface area (Å²) in [6, 6.07) is -11.9. The van der Waals surface area contributed by atoms with Gasteiger partial charge in [-0.3, -0.25) is 72.5 Å². The number of nitrogens with zero attached hydrogens (tertiary/aromatic N) is 3. The van der Waals surface area contributed by atoms with Gasteiger partial charge in [0.2, 0.25) is 70.9 Å². The number of nitrogens with one attached hydrogen (secondary N) is 9. The molecule has 0 radical (unpaired) electrons. The summed E-state index contributed by atoms with van der Waals surface area (Å²) in [5.41, 5.74) is 60.5. The van der Waals surface area contributed by atoms with Crippen molar-refractivity contribution in [1.82, 2.24) is 47.9 Å². The number of phenols is 1. The van der Waals surface area contributed by atoms with Crippen LogP contribution in [0.5, 0.6) is 5.75 Å². The average molecular weight is 1310 g/mol. The molecule has 0 saturated heterocycles. The van der Waals surface area contributed by atoms with Gasteiger partial charge < -0.3 is 131 Å². The van der Waals surface area contributed by atoms with Crippen LogP contribution in [0.1, 0.15) is 89.0 Å². The quantitative estimate of drug-likeness (QED) is 0.0164. The van der Waals surface area contributed by atoms with Crippen LogP contribution in [0, 0.1) is 0 Å². The van der Waals surface area contributed by atoms with Crippen LogP contribution in [-0.2, 0) is 68.7 Å². The summed E-state index contributed by atoms with van der Waals surface area (Å²) >= 11 is 0. The molecule has 92 heavy (non-hydrogen) atoms. The Morgan fingerprint density at radius 3 is 1.07 bits per heavy atom. The molecule has 0 bridgehead atoms. The fourth-order valence-electron chi connectivity index (χ4n) is 8.24. The number of hydrogen-bond acceptors (Lipinski definition) is 21. The Morgan fingerprint density at radius 1 is 0.391 bits per heavy atom. The van der Waals surface area contributed by atoms with Gasteiger partial charge >= 0.3 is 5.97 Å². The lowest BCUT2D eigenvalue weighted by atomic mass is 10.0. The number of guanidine groups is 3. The molecule has 1 aromatic rings. The van der Waals surface area contributed by atoms with Gasteiger partial charge in [-0.1, -0.05) is 18.6 Å². The second-order valence-electron chi connectivity index (χ2n) is 20.7. The van der Waals surface area contributed by atoms with Crippen molar-refractivity contribution in [2.45, 2.75) is 150 Å². The summed E-state index contributed by atoms with van der Waals surface area (Å²) in [5.74, 6) is -16.3. The van der Waals surface area contributed by atoms with Gasteiger partial charge in [-0.05, 0) is 82.0 Å². The molecule has 1 rings (SSSR count). The first-order valence-electron chi connectivity index (χ1n) is 28.7. The monoisotopic (exact) mass is 1310 g/mol. The molecule has 0 fully saturated rings. The first-order chi connectivity index (χ1) is 43.3. The van der Waals surface area contributed by atoms with Gasteiger partial charge in [0.05, 0.1) is 32.1 Å². The number of hydrogen-bond donors (Lipinski definition) is 24. The van der Waals surface area contributed by atoms with Crippen molar-refractivity contribution in [3.05, 3.63) is 29.8 Å². The molecular weight excluding hydrogens is 1220 g/mol. The van der Waals surface area contributed by atoms with Crippen LogP contribution in [0.2, 0.25) is 0 Å². The molecule has 0 aliphatic rings. The second kappa shape index (κ2) is 42.7. The largest absolute Gasteiger partial charge is 0.508 e.